The molecule has 1 aromatic rings. The van der Waals surface area contributed by atoms with E-state index in [0.29, 0.717) is 5.92 Å². The molecule has 0 radical (unpaired) electrons. The topological polar surface area (TPSA) is 41.6 Å². The molecular weight excluding hydrogens is 357 g/mol. The number of nitrogens with two attached hydrogens (primary N) is 1. The Bertz CT molecular complexity index is 358. The second kappa shape index (κ2) is 7.99. The number of thiophene rings is 1. The van der Waals surface area contributed by atoms with Crippen LogP contribution in [0.5, 0.6) is 0 Å². The number of rotatable bonds is 3. The van der Waals surface area contributed by atoms with Crippen LogP contribution in [0.2, 0.25) is 0 Å². The average Bonchev–Trinajstić information content (AvgIpc) is 2.90. The van der Waals surface area contributed by atoms with Crippen LogP contribution in [0.15, 0.2) is 21.8 Å². The van der Waals surface area contributed by atoms with E-state index in [0.717, 1.165) is 25.6 Å². The first-order chi connectivity index (χ1) is 8.27. The lowest BCUT2D eigenvalue weighted by atomic mass is 10.1. The van der Waals surface area contributed by atoms with Gasteiger partial charge in [-0.15, -0.1) is 24.0 Å². The maximum atomic E-state index is 6.03. The number of nitrogens with zero attached hydrogens (tertiary/aromatic N) is 2. The van der Waals surface area contributed by atoms with E-state index in [-0.39, 0.29) is 24.0 Å². The number of guanidine groups is 1. The third-order valence-corrected chi connectivity index (χ3v) is 4.02. The zero-order valence-corrected chi connectivity index (χ0v) is 14.0. The van der Waals surface area contributed by atoms with Crippen molar-refractivity contribution < 1.29 is 0 Å². The highest BCUT2D eigenvalue weighted by Gasteiger charge is 2.12. The van der Waals surface area contributed by atoms with E-state index in [1.54, 1.807) is 11.3 Å². The van der Waals surface area contributed by atoms with Crippen molar-refractivity contribution in [1.29, 1.82) is 0 Å². The Morgan fingerprint density at radius 2 is 2.17 bits per heavy atom. The van der Waals surface area contributed by atoms with Gasteiger partial charge in [-0.3, -0.25) is 4.99 Å². The normalized spacial score (nSPS) is 18.3. The predicted molar refractivity (Wildman–Crippen MR) is 90.1 cm³/mol. The first kappa shape index (κ1) is 15.8. The van der Waals surface area contributed by atoms with Crippen molar-refractivity contribution in [2.24, 2.45) is 10.7 Å². The van der Waals surface area contributed by atoms with Crippen LogP contribution >= 0.6 is 35.3 Å². The van der Waals surface area contributed by atoms with E-state index >= 15 is 0 Å². The summed E-state index contributed by atoms with van der Waals surface area (Å²) in [6.45, 7) is 5.14. The van der Waals surface area contributed by atoms with E-state index in [2.05, 4.69) is 33.6 Å². The van der Waals surface area contributed by atoms with E-state index in [4.69, 9.17) is 5.73 Å². The van der Waals surface area contributed by atoms with E-state index in [9.17, 15) is 0 Å². The number of aliphatic imine (C=N–C) groups is 1. The second-order valence-corrected chi connectivity index (χ2v) is 5.48. The molecule has 0 amide bonds. The third kappa shape index (κ3) is 4.42. The minimum atomic E-state index is 0. The minimum absolute atomic E-state index is 0. The van der Waals surface area contributed by atoms with Gasteiger partial charge in [-0.2, -0.15) is 11.3 Å². The largest absolute Gasteiger partial charge is 0.370 e. The smallest absolute Gasteiger partial charge is 0.191 e. The van der Waals surface area contributed by atoms with Gasteiger partial charge in [-0.25, -0.2) is 0 Å². The van der Waals surface area contributed by atoms with Gasteiger partial charge in [0.25, 0.3) is 0 Å². The molecule has 0 spiro atoms. The summed E-state index contributed by atoms with van der Waals surface area (Å²) < 4.78 is 0. The lowest BCUT2D eigenvalue weighted by Gasteiger charge is -2.27. The molecule has 2 rings (SSSR count). The van der Waals surface area contributed by atoms with Gasteiger partial charge in [0.15, 0.2) is 5.96 Å². The van der Waals surface area contributed by atoms with Crippen LogP contribution in [-0.2, 0) is 0 Å². The Balaban J connectivity index is 0.00000162. The fourth-order valence-corrected chi connectivity index (χ4v) is 2.90. The maximum Gasteiger partial charge on any atom is 0.191 e. The van der Waals surface area contributed by atoms with Crippen molar-refractivity contribution >= 4 is 41.3 Å². The number of piperidine rings is 1. The summed E-state index contributed by atoms with van der Waals surface area (Å²) in [6.07, 6.45) is 3.82. The molecule has 2 N–H and O–H groups in total. The molecule has 1 aliphatic heterocycles. The average molecular weight is 379 g/mol. The first-order valence-corrected chi connectivity index (χ1v) is 7.28. The first-order valence-electron chi connectivity index (χ1n) is 6.34. The van der Waals surface area contributed by atoms with E-state index in [1.165, 1.54) is 24.8 Å². The highest BCUT2D eigenvalue weighted by atomic mass is 127. The predicted octanol–water partition coefficient (Wildman–Crippen LogP) is 3.27. The second-order valence-electron chi connectivity index (χ2n) is 4.70. The van der Waals surface area contributed by atoms with Crippen molar-refractivity contribution in [1.82, 2.24) is 4.90 Å². The summed E-state index contributed by atoms with van der Waals surface area (Å²) in [6, 6.07) is 2.17. The third-order valence-electron chi connectivity index (χ3n) is 3.32. The molecule has 0 saturated carbocycles. The Hall–Kier alpha value is -0.300. The summed E-state index contributed by atoms with van der Waals surface area (Å²) in [5.74, 6) is 1.19. The zero-order chi connectivity index (χ0) is 12.1. The molecule has 3 nitrogen and oxygen atoms in total. The molecular formula is C13H22IN3S. The SMILES string of the molecule is CC(CN=C(N)N1CCCCC1)c1ccsc1.I. The molecule has 1 unspecified atom stereocenters. The highest BCUT2D eigenvalue weighted by Crippen LogP contribution is 2.18. The number of halogens is 1. The van der Waals surface area contributed by atoms with Crippen molar-refractivity contribution in [3.05, 3.63) is 22.4 Å². The maximum absolute atomic E-state index is 6.03. The molecule has 5 heteroatoms. The summed E-state index contributed by atoms with van der Waals surface area (Å²) in [4.78, 5) is 6.74. The van der Waals surface area contributed by atoms with Gasteiger partial charge in [0.05, 0.1) is 0 Å². The molecule has 2 heterocycles. The van der Waals surface area contributed by atoms with Gasteiger partial charge in [0.2, 0.25) is 0 Å². The number of hydrogen-bond donors (Lipinski definition) is 1. The Morgan fingerprint density at radius 1 is 1.44 bits per heavy atom. The number of hydrogen-bond acceptors (Lipinski definition) is 2. The fraction of sp³-hybridized carbons (Fsp3) is 0.615. The van der Waals surface area contributed by atoms with Crippen LogP contribution in [0.3, 0.4) is 0 Å². The molecule has 1 aromatic heterocycles. The summed E-state index contributed by atoms with van der Waals surface area (Å²) in [5, 5.41) is 4.31. The van der Waals surface area contributed by atoms with Gasteiger partial charge in [0, 0.05) is 25.6 Å². The molecule has 0 aliphatic carbocycles. The number of likely N-dealkylation sites (tertiary alicyclic amines) is 1. The Labute approximate surface area is 130 Å². The van der Waals surface area contributed by atoms with Crippen LogP contribution in [0.4, 0.5) is 0 Å². The van der Waals surface area contributed by atoms with Crippen LogP contribution in [0.25, 0.3) is 0 Å². The van der Waals surface area contributed by atoms with Gasteiger partial charge in [-0.1, -0.05) is 6.92 Å². The van der Waals surface area contributed by atoms with Crippen molar-refractivity contribution in [2.45, 2.75) is 32.1 Å². The van der Waals surface area contributed by atoms with Crippen LogP contribution in [0.1, 0.15) is 37.7 Å². The van der Waals surface area contributed by atoms with E-state index in [1.807, 2.05) is 0 Å². The minimum Gasteiger partial charge on any atom is -0.370 e. The zero-order valence-electron chi connectivity index (χ0n) is 10.8. The molecule has 1 saturated heterocycles. The van der Waals surface area contributed by atoms with Gasteiger partial charge < -0.3 is 10.6 Å². The van der Waals surface area contributed by atoms with Crippen molar-refractivity contribution in [3.63, 3.8) is 0 Å². The molecule has 102 valence electrons. The highest BCUT2D eigenvalue weighted by molar-refractivity contribution is 14.0. The summed E-state index contributed by atoms with van der Waals surface area (Å²) in [7, 11) is 0. The molecule has 18 heavy (non-hydrogen) atoms. The molecule has 0 bridgehead atoms. The summed E-state index contributed by atoms with van der Waals surface area (Å²) >= 11 is 1.74. The lowest BCUT2D eigenvalue weighted by Crippen LogP contribution is -2.41. The Morgan fingerprint density at radius 3 is 2.78 bits per heavy atom. The van der Waals surface area contributed by atoms with Crippen molar-refractivity contribution in [3.8, 4) is 0 Å². The molecule has 1 aliphatic rings. The molecule has 1 fully saturated rings. The fourth-order valence-electron chi connectivity index (χ4n) is 2.11. The Kier molecular flexibility index (Phi) is 6.99. The summed E-state index contributed by atoms with van der Waals surface area (Å²) in [5.41, 5.74) is 7.39. The van der Waals surface area contributed by atoms with Crippen LogP contribution in [-0.4, -0.2) is 30.5 Å². The quantitative estimate of drug-likeness (QED) is 0.498. The lowest BCUT2D eigenvalue weighted by molar-refractivity contribution is 0.338. The van der Waals surface area contributed by atoms with Gasteiger partial charge in [0.1, 0.15) is 0 Å². The van der Waals surface area contributed by atoms with Gasteiger partial charge >= 0.3 is 0 Å². The molecule has 0 aromatic carbocycles. The van der Waals surface area contributed by atoms with Crippen LogP contribution < -0.4 is 5.73 Å². The van der Waals surface area contributed by atoms with E-state index < -0.39 is 0 Å². The molecule has 1 atom stereocenters. The van der Waals surface area contributed by atoms with Crippen LogP contribution in [0, 0.1) is 0 Å². The monoisotopic (exact) mass is 379 g/mol. The standard InChI is InChI=1S/C13H21N3S.HI/c1-11(12-5-8-17-10-12)9-15-13(14)16-6-3-2-4-7-16;/h5,8,10-11H,2-4,6-7,9H2,1H3,(H2,14,15);1H. The van der Waals surface area contributed by atoms with Gasteiger partial charge in [-0.05, 0) is 41.7 Å². The van der Waals surface area contributed by atoms with Crippen molar-refractivity contribution in [2.75, 3.05) is 19.6 Å².